The third kappa shape index (κ3) is 5.60. The van der Waals surface area contributed by atoms with Crippen LogP contribution in [0.4, 0.5) is 5.69 Å². The van der Waals surface area contributed by atoms with E-state index in [-0.39, 0.29) is 11.3 Å². The van der Waals surface area contributed by atoms with Crippen molar-refractivity contribution in [1.29, 1.82) is 0 Å². The molecule has 3 aromatic rings. The molecule has 0 atom stereocenters. The molecule has 5 nitrogen and oxygen atoms in total. The number of amides is 1. The quantitative estimate of drug-likeness (QED) is 0.497. The van der Waals surface area contributed by atoms with Crippen LogP contribution in [0.3, 0.4) is 0 Å². The van der Waals surface area contributed by atoms with Gasteiger partial charge < -0.3 is 19.5 Å². The molecule has 1 N–H and O–H groups in total. The smallest absolute Gasteiger partial charge is 0.251 e. The zero-order valence-corrected chi connectivity index (χ0v) is 20.3. The molecule has 0 saturated carbocycles. The van der Waals surface area contributed by atoms with Gasteiger partial charge in [0.25, 0.3) is 5.91 Å². The predicted octanol–water partition coefficient (Wildman–Crippen LogP) is 5.55. The lowest BCUT2D eigenvalue weighted by atomic mass is 9.87. The van der Waals surface area contributed by atoms with Crippen molar-refractivity contribution in [2.75, 3.05) is 33.1 Å². The summed E-state index contributed by atoms with van der Waals surface area (Å²) in [5.74, 6) is 0.698. The monoisotopic (exact) mass is 433 g/mol. The van der Waals surface area contributed by atoms with Crippen molar-refractivity contribution in [2.45, 2.75) is 39.7 Å². The van der Waals surface area contributed by atoms with Gasteiger partial charge in [-0.15, -0.1) is 0 Å². The molecule has 0 saturated heterocycles. The molecular formula is C27H35N3O2. The summed E-state index contributed by atoms with van der Waals surface area (Å²) in [5.41, 5.74) is 4.91. The molecule has 2 aromatic carbocycles. The maximum absolute atomic E-state index is 12.9. The molecule has 0 radical (unpaired) electrons. The Labute approximate surface area is 191 Å². The molecule has 0 aliphatic carbocycles. The SMILES string of the molecule is COc1ccc2c(c1)c(/C=C(\C)C(=O)Nc1ccc(C(C)(C)C)cc1)cn2CCN(C)C. The minimum absolute atomic E-state index is 0.0835. The van der Waals surface area contributed by atoms with Gasteiger partial charge in [0.15, 0.2) is 0 Å². The number of likely N-dealkylation sites (N-methyl/N-ethyl adjacent to an activating group) is 1. The number of anilines is 1. The van der Waals surface area contributed by atoms with E-state index in [2.05, 4.69) is 74.0 Å². The third-order valence-electron chi connectivity index (χ3n) is 5.65. The number of carbonyl (C=O) groups is 1. The maximum atomic E-state index is 12.9. The van der Waals surface area contributed by atoms with Gasteiger partial charge >= 0.3 is 0 Å². The van der Waals surface area contributed by atoms with Crippen LogP contribution in [0, 0.1) is 0 Å². The number of carbonyl (C=O) groups excluding carboxylic acids is 1. The molecule has 5 heteroatoms. The Morgan fingerprint density at radius 3 is 2.41 bits per heavy atom. The predicted molar refractivity (Wildman–Crippen MR) is 134 cm³/mol. The molecule has 1 amide bonds. The van der Waals surface area contributed by atoms with Gasteiger partial charge in [0.2, 0.25) is 0 Å². The van der Waals surface area contributed by atoms with E-state index in [0.717, 1.165) is 41.0 Å². The highest BCUT2D eigenvalue weighted by atomic mass is 16.5. The first-order chi connectivity index (χ1) is 15.1. The second-order valence-electron chi connectivity index (χ2n) is 9.57. The average molecular weight is 434 g/mol. The van der Waals surface area contributed by atoms with Crippen molar-refractivity contribution in [3.8, 4) is 5.75 Å². The number of methoxy groups -OCH3 is 1. The normalized spacial score (nSPS) is 12.4. The Bertz CT molecular complexity index is 1120. The Morgan fingerprint density at radius 2 is 1.81 bits per heavy atom. The molecule has 1 heterocycles. The number of ether oxygens (including phenoxy) is 1. The highest BCUT2D eigenvalue weighted by Gasteiger charge is 2.14. The molecule has 3 rings (SSSR count). The highest BCUT2D eigenvalue weighted by molar-refractivity contribution is 6.07. The van der Waals surface area contributed by atoms with E-state index in [0.29, 0.717) is 5.57 Å². The molecule has 170 valence electrons. The molecule has 0 aliphatic heterocycles. The summed E-state index contributed by atoms with van der Waals surface area (Å²) in [7, 11) is 5.80. The third-order valence-corrected chi connectivity index (χ3v) is 5.65. The summed E-state index contributed by atoms with van der Waals surface area (Å²) < 4.78 is 7.67. The summed E-state index contributed by atoms with van der Waals surface area (Å²) in [5, 5.41) is 4.09. The van der Waals surface area contributed by atoms with Crippen molar-refractivity contribution in [3.63, 3.8) is 0 Å². The van der Waals surface area contributed by atoms with E-state index in [1.54, 1.807) is 7.11 Å². The number of aromatic nitrogens is 1. The number of nitrogens with zero attached hydrogens (tertiary/aromatic N) is 2. The number of rotatable bonds is 7. The first-order valence-electron chi connectivity index (χ1n) is 11.0. The first kappa shape index (κ1) is 23.6. The van der Waals surface area contributed by atoms with E-state index in [1.807, 2.05) is 37.3 Å². The molecule has 32 heavy (non-hydrogen) atoms. The summed E-state index contributed by atoms with van der Waals surface area (Å²) >= 11 is 0. The van der Waals surface area contributed by atoms with Crippen LogP contribution in [-0.2, 0) is 16.8 Å². The van der Waals surface area contributed by atoms with Gasteiger partial charge in [-0.2, -0.15) is 0 Å². The number of hydrogen-bond acceptors (Lipinski definition) is 3. The van der Waals surface area contributed by atoms with Gasteiger partial charge in [-0.3, -0.25) is 4.79 Å². The van der Waals surface area contributed by atoms with Gasteiger partial charge in [-0.25, -0.2) is 0 Å². The fourth-order valence-electron chi connectivity index (χ4n) is 3.62. The van der Waals surface area contributed by atoms with Gasteiger partial charge in [0.1, 0.15) is 5.75 Å². The molecule has 1 aromatic heterocycles. The van der Waals surface area contributed by atoms with E-state index >= 15 is 0 Å². The summed E-state index contributed by atoms with van der Waals surface area (Å²) in [6, 6.07) is 14.1. The highest BCUT2D eigenvalue weighted by Crippen LogP contribution is 2.28. The standard InChI is InChI=1S/C27H35N3O2/c1-19(26(31)28-22-10-8-21(9-11-22)27(2,3)4)16-20-18-30(15-14-29(5)6)25-13-12-23(32-7)17-24(20)25/h8-13,16-18H,14-15H2,1-7H3,(H,28,31)/b19-16+. The number of hydrogen-bond donors (Lipinski definition) is 1. The zero-order valence-electron chi connectivity index (χ0n) is 20.3. The number of benzene rings is 2. The summed E-state index contributed by atoms with van der Waals surface area (Å²) in [4.78, 5) is 15.0. The lowest BCUT2D eigenvalue weighted by molar-refractivity contribution is -0.112. The van der Waals surface area contributed by atoms with Crippen LogP contribution in [-0.4, -0.2) is 43.1 Å². The molecule has 0 aliphatic rings. The minimum atomic E-state index is -0.106. The lowest BCUT2D eigenvalue weighted by Crippen LogP contribution is -2.17. The van der Waals surface area contributed by atoms with Crippen molar-refractivity contribution < 1.29 is 9.53 Å². The van der Waals surface area contributed by atoms with Crippen LogP contribution in [0.5, 0.6) is 5.75 Å². The van der Waals surface area contributed by atoms with E-state index in [4.69, 9.17) is 4.74 Å². The minimum Gasteiger partial charge on any atom is -0.497 e. The van der Waals surface area contributed by atoms with Crippen molar-refractivity contribution in [3.05, 3.63) is 65.4 Å². The molecule has 0 fully saturated rings. The van der Waals surface area contributed by atoms with Gasteiger partial charge in [0.05, 0.1) is 7.11 Å². The Kier molecular flexibility index (Phi) is 7.09. The lowest BCUT2D eigenvalue weighted by Gasteiger charge is -2.19. The maximum Gasteiger partial charge on any atom is 0.251 e. The largest absolute Gasteiger partial charge is 0.497 e. The number of nitrogens with one attached hydrogen (secondary N) is 1. The molecule has 0 spiro atoms. The molecule has 0 unspecified atom stereocenters. The number of fused-ring (bicyclic) bond motifs is 1. The van der Waals surface area contributed by atoms with E-state index < -0.39 is 0 Å². The fraction of sp³-hybridized carbons (Fsp3) is 0.370. The van der Waals surface area contributed by atoms with E-state index in [1.165, 1.54) is 5.56 Å². The van der Waals surface area contributed by atoms with Crippen molar-refractivity contribution in [1.82, 2.24) is 9.47 Å². The fourth-order valence-corrected chi connectivity index (χ4v) is 3.62. The second kappa shape index (κ2) is 9.61. The van der Waals surface area contributed by atoms with Gasteiger partial charge in [-0.1, -0.05) is 32.9 Å². The molecule has 0 bridgehead atoms. The summed E-state index contributed by atoms with van der Waals surface area (Å²) in [6.07, 6.45) is 4.06. The van der Waals surface area contributed by atoms with Crippen LogP contribution in [0.2, 0.25) is 0 Å². The van der Waals surface area contributed by atoms with Crippen molar-refractivity contribution in [2.24, 2.45) is 0 Å². The van der Waals surface area contributed by atoms with Gasteiger partial charge in [-0.05, 0) is 68.4 Å². The Morgan fingerprint density at radius 1 is 1.12 bits per heavy atom. The van der Waals surface area contributed by atoms with E-state index in [9.17, 15) is 4.79 Å². The first-order valence-corrected chi connectivity index (χ1v) is 11.0. The van der Waals surface area contributed by atoms with Crippen LogP contribution >= 0.6 is 0 Å². The zero-order chi connectivity index (χ0) is 23.5. The van der Waals surface area contributed by atoms with Crippen LogP contribution in [0.1, 0.15) is 38.8 Å². The Hall–Kier alpha value is -3.05. The topological polar surface area (TPSA) is 46.5 Å². The van der Waals surface area contributed by atoms with Crippen LogP contribution in [0.25, 0.3) is 17.0 Å². The molecular weight excluding hydrogens is 398 g/mol. The Balaban J connectivity index is 1.87. The average Bonchev–Trinajstić information content (AvgIpc) is 3.08. The van der Waals surface area contributed by atoms with Gasteiger partial charge in [0, 0.05) is 47.0 Å². The van der Waals surface area contributed by atoms with Crippen LogP contribution < -0.4 is 10.1 Å². The van der Waals surface area contributed by atoms with Crippen molar-refractivity contribution >= 4 is 28.6 Å². The summed E-state index contributed by atoms with van der Waals surface area (Å²) in [6.45, 7) is 10.2. The van der Waals surface area contributed by atoms with Crippen LogP contribution in [0.15, 0.2) is 54.2 Å². The second-order valence-corrected chi connectivity index (χ2v) is 9.57.